The van der Waals surface area contributed by atoms with Gasteiger partial charge in [-0.15, -0.1) is 0 Å². The summed E-state index contributed by atoms with van der Waals surface area (Å²) in [7, 11) is 0. The lowest BCUT2D eigenvalue weighted by atomic mass is 10.5. The van der Waals surface area contributed by atoms with Gasteiger partial charge in [0.25, 0.3) is 0 Å². The van der Waals surface area contributed by atoms with E-state index in [1.807, 2.05) is 0 Å². The van der Waals surface area contributed by atoms with Crippen LogP contribution in [-0.4, -0.2) is 12.2 Å². The first kappa shape index (κ1) is 7.56. The fraction of sp³-hybridized carbons (Fsp3) is 0.400. The summed E-state index contributed by atoms with van der Waals surface area (Å²) in [4.78, 5) is 10.3. The fourth-order valence-electron chi connectivity index (χ4n) is 0.246. The van der Waals surface area contributed by atoms with E-state index in [9.17, 15) is 4.79 Å². The minimum Gasteiger partial charge on any atom is -0.388 e. The maximum atomic E-state index is 10.3. The molecule has 0 saturated heterocycles. The molecule has 0 aliphatic carbocycles. The monoisotopic (exact) mass is 132 g/mol. The number of rotatable bonds is 2. The molecule has 3 heteroatoms. The minimum atomic E-state index is -0.306. The van der Waals surface area contributed by atoms with Crippen molar-refractivity contribution in [2.24, 2.45) is 0 Å². The van der Waals surface area contributed by atoms with Crippen molar-refractivity contribution in [1.82, 2.24) is 0 Å². The van der Waals surface area contributed by atoms with Gasteiger partial charge in [0.1, 0.15) is 0 Å². The van der Waals surface area contributed by atoms with Crippen LogP contribution in [0.25, 0.3) is 0 Å². The Hall–Kier alpha value is -0.440. The average molecular weight is 132 g/mol. The van der Waals surface area contributed by atoms with Gasteiger partial charge in [-0.2, -0.15) is 0 Å². The van der Waals surface area contributed by atoms with Crippen molar-refractivity contribution in [1.29, 1.82) is 0 Å². The Bertz CT molecular complexity index is 98.6. The van der Waals surface area contributed by atoms with Crippen LogP contribution in [0.2, 0.25) is 0 Å². The standard InChI is InChI=1S/C5H8O2S/c1-3-4-5(6)7-8-2/h3-4H,1-2H3/b4-3+. The smallest absolute Gasteiger partial charge is 0.342 e. The zero-order valence-electron chi connectivity index (χ0n) is 4.88. The quantitative estimate of drug-likeness (QED) is 0.419. The average Bonchev–Trinajstić information content (AvgIpc) is 1.68. The largest absolute Gasteiger partial charge is 0.388 e. The Morgan fingerprint density at radius 2 is 2.38 bits per heavy atom. The highest BCUT2D eigenvalue weighted by Gasteiger charge is 1.90. The van der Waals surface area contributed by atoms with E-state index >= 15 is 0 Å². The Morgan fingerprint density at radius 1 is 1.75 bits per heavy atom. The molecule has 0 unspecified atom stereocenters. The second-order valence-corrected chi connectivity index (χ2v) is 1.57. The summed E-state index contributed by atoms with van der Waals surface area (Å²) in [5.74, 6) is -0.306. The molecule has 0 radical (unpaired) electrons. The van der Waals surface area contributed by atoms with Gasteiger partial charge >= 0.3 is 5.97 Å². The van der Waals surface area contributed by atoms with Crippen molar-refractivity contribution >= 4 is 18.0 Å². The fourth-order valence-corrected chi connectivity index (χ4v) is 0.466. The molecule has 0 aliphatic heterocycles. The van der Waals surface area contributed by atoms with Crippen LogP contribution in [0.15, 0.2) is 12.2 Å². The van der Waals surface area contributed by atoms with E-state index in [1.165, 1.54) is 6.08 Å². The lowest BCUT2D eigenvalue weighted by molar-refractivity contribution is -0.127. The number of carbonyl (C=O) groups is 1. The predicted molar refractivity (Wildman–Crippen MR) is 34.4 cm³/mol. The van der Waals surface area contributed by atoms with Crippen LogP contribution < -0.4 is 0 Å². The Morgan fingerprint density at radius 3 is 2.75 bits per heavy atom. The summed E-state index contributed by atoms with van der Waals surface area (Å²) in [6, 6.07) is 0. The van der Waals surface area contributed by atoms with Crippen LogP contribution >= 0.6 is 12.0 Å². The summed E-state index contributed by atoms with van der Waals surface area (Å²) < 4.78 is 4.47. The molecule has 0 rings (SSSR count). The lowest BCUT2D eigenvalue weighted by Gasteiger charge is -1.89. The van der Waals surface area contributed by atoms with Crippen LogP contribution in [0.4, 0.5) is 0 Å². The van der Waals surface area contributed by atoms with Crippen molar-refractivity contribution in [3.63, 3.8) is 0 Å². The van der Waals surface area contributed by atoms with Crippen molar-refractivity contribution in [2.75, 3.05) is 6.26 Å². The molecule has 0 aliphatic rings. The van der Waals surface area contributed by atoms with Gasteiger partial charge in [-0.1, -0.05) is 6.08 Å². The first-order valence-corrected chi connectivity index (χ1v) is 3.33. The Kier molecular flexibility index (Phi) is 4.45. The van der Waals surface area contributed by atoms with Gasteiger partial charge in [0.2, 0.25) is 0 Å². The number of hydrogen-bond donors (Lipinski definition) is 0. The number of hydrogen-bond acceptors (Lipinski definition) is 3. The van der Waals surface area contributed by atoms with Crippen molar-refractivity contribution in [3.8, 4) is 0 Å². The van der Waals surface area contributed by atoms with Gasteiger partial charge in [-0.3, -0.25) is 0 Å². The van der Waals surface area contributed by atoms with Crippen LogP contribution in [0.5, 0.6) is 0 Å². The highest BCUT2D eigenvalue weighted by atomic mass is 32.2. The molecule has 0 fully saturated rings. The minimum absolute atomic E-state index is 0.306. The Labute approximate surface area is 53.1 Å². The molecular weight excluding hydrogens is 124 g/mol. The van der Waals surface area contributed by atoms with Crippen LogP contribution in [-0.2, 0) is 8.98 Å². The van der Waals surface area contributed by atoms with Gasteiger partial charge < -0.3 is 4.18 Å². The molecule has 0 aromatic heterocycles. The van der Waals surface area contributed by atoms with Crippen LogP contribution in [0.1, 0.15) is 6.92 Å². The van der Waals surface area contributed by atoms with Gasteiger partial charge in [-0.05, 0) is 6.92 Å². The molecule has 0 amide bonds. The molecule has 0 aromatic rings. The third kappa shape index (κ3) is 3.74. The molecule has 2 nitrogen and oxygen atoms in total. The summed E-state index contributed by atoms with van der Waals surface area (Å²) in [5, 5.41) is 0. The van der Waals surface area contributed by atoms with Crippen molar-refractivity contribution in [2.45, 2.75) is 6.92 Å². The topological polar surface area (TPSA) is 26.3 Å². The molecular formula is C5H8O2S. The summed E-state index contributed by atoms with van der Waals surface area (Å²) in [5.41, 5.74) is 0. The second kappa shape index (κ2) is 4.71. The molecule has 8 heavy (non-hydrogen) atoms. The zero-order valence-corrected chi connectivity index (χ0v) is 5.70. The molecule has 0 spiro atoms. The second-order valence-electron chi connectivity index (χ2n) is 1.07. The maximum absolute atomic E-state index is 10.3. The third-order valence-corrected chi connectivity index (χ3v) is 0.799. The van der Waals surface area contributed by atoms with E-state index in [1.54, 1.807) is 19.3 Å². The van der Waals surface area contributed by atoms with Crippen molar-refractivity contribution < 1.29 is 8.98 Å². The van der Waals surface area contributed by atoms with Gasteiger partial charge in [-0.25, -0.2) is 4.79 Å². The van der Waals surface area contributed by atoms with E-state index in [4.69, 9.17) is 0 Å². The molecule has 0 atom stereocenters. The third-order valence-electron chi connectivity index (χ3n) is 0.468. The first-order valence-electron chi connectivity index (χ1n) is 2.18. The molecule has 0 N–H and O–H groups in total. The summed E-state index contributed by atoms with van der Waals surface area (Å²) in [6.07, 6.45) is 4.70. The Balaban J connectivity index is 3.33. The van der Waals surface area contributed by atoms with E-state index in [-0.39, 0.29) is 5.97 Å². The predicted octanol–water partition coefficient (Wildman–Crippen LogP) is 1.38. The van der Waals surface area contributed by atoms with E-state index in [0.29, 0.717) is 0 Å². The highest BCUT2D eigenvalue weighted by Crippen LogP contribution is 1.94. The lowest BCUT2D eigenvalue weighted by Crippen LogP contribution is -1.90. The molecule has 0 bridgehead atoms. The van der Waals surface area contributed by atoms with E-state index < -0.39 is 0 Å². The summed E-state index contributed by atoms with van der Waals surface area (Å²) >= 11 is 1.05. The van der Waals surface area contributed by atoms with Gasteiger partial charge in [0, 0.05) is 12.3 Å². The van der Waals surface area contributed by atoms with Crippen LogP contribution in [0.3, 0.4) is 0 Å². The normalized spacial score (nSPS) is 9.75. The van der Waals surface area contributed by atoms with Crippen LogP contribution in [0, 0.1) is 0 Å². The molecule has 0 aromatic carbocycles. The van der Waals surface area contributed by atoms with Gasteiger partial charge in [0.05, 0.1) is 12.0 Å². The zero-order chi connectivity index (χ0) is 6.41. The number of allylic oxidation sites excluding steroid dienone is 1. The molecule has 0 saturated carbocycles. The molecule has 0 heterocycles. The SMILES string of the molecule is C/C=C/C(=O)OSC. The molecule has 46 valence electrons. The van der Waals surface area contributed by atoms with E-state index in [2.05, 4.69) is 4.18 Å². The summed E-state index contributed by atoms with van der Waals surface area (Å²) in [6.45, 7) is 1.77. The maximum Gasteiger partial charge on any atom is 0.342 e. The first-order chi connectivity index (χ1) is 3.81. The van der Waals surface area contributed by atoms with Gasteiger partial charge in [0.15, 0.2) is 0 Å². The number of carbonyl (C=O) groups excluding carboxylic acids is 1. The van der Waals surface area contributed by atoms with E-state index in [0.717, 1.165) is 12.0 Å². The highest BCUT2D eigenvalue weighted by molar-refractivity contribution is 7.94. The van der Waals surface area contributed by atoms with Crippen molar-refractivity contribution in [3.05, 3.63) is 12.2 Å².